The van der Waals surface area contributed by atoms with Crippen LogP contribution < -0.4 is 0 Å². The van der Waals surface area contributed by atoms with Crippen LogP contribution in [0.2, 0.25) is 0 Å². The zero-order valence-electron chi connectivity index (χ0n) is 9.38. The van der Waals surface area contributed by atoms with Crippen LogP contribution in [0.1, 0.15) is 12.7 Å². The molecule has 6 heteroatoms. The van der Waals surface area contributed by atoms with Crippen molar-refractivity contribution >= 4 is 5.97 Å². The molecule has 0 aliphatic carbocycles. The Morgan fingerprint density at radius 1 is 1.47 bits per heavy atom. The van der Waals surface area contributed by atoms with Gasteiger partial charge in [0.25, 0.3) is 0 Å². The predicted octanol–water partition coefficient (Wildman–Crippen LogP) is 0.972. The molecule has 0 amide bonds. The molecule has 2 heterocycles. The van der Waals surface area contributed by atoms with Crippen LogP contribution in [0.4, 0.5) is 0 Å². The molecule has 0 aliphatic heterocycles. The highest BCUT2D eigenvalue weighted by Crippen LogP contribution is 2.10. The fourth-order valence-electron chi connectivity index (χ4n) is 1.33. The monoisotopic (exact) mass is 232 g/mol. The number of ether oxygens (including phenoxy) is 1. The van der Waals surface area contributed by atoms with Gasteiger partial charge >= 0.3 is 5.97 Å². The number of carbonyl (C=O) groups excluding carboxylic acids is 1. The van der Waals surface area contributed by atoms with Gasteiger partial charge < -0.3 is 4.74 Å². The number of aromatic nitrogens is 4. The van der Waals surface area contributed by atoms with Crippen LogP contribution in [-0.2, 0) is 16.0 Å². The SMILES string of the molecule is CCOC(=O)Cc1nc(-c2ccccn2)n[nH]1. The highest BCUT2D eigenvalue weighted by molar-refractivity contribution is 5.71. The lowest BCUT2D eigenvalue weighted by molar-refractivity contribution is -0.142. The molecule has 0 atom stereocenters. The predicted molar refractivity (Wildman–Crippen MR) is 60.0 cm³/mol. The molecule has 2 aromatic rings. The summed E-state index contributed by atoms with van der Waals surface area (Å²) in [6, 6.07) is 5.47. The van der Waals surface area contributed by atoms with Gasteiger partial charge in [0.15, 0.2) is 5.82 Å². The van der Waals surface area contributed by atoms with Crippen molar-refractivity contribution in [3.8, 4) is 11.5 Å². The highest BCUT2D eigenvalue weighted by Gasteiger charge is 2.10. The maximum absolute atomic E-state index is 11.2. The molecule has 17 heavy (non-hydrogen) atoms. The molecule has 0 radical (unpaired) electrons. The van der Waals surface area contributed by atoms with E-state index in [-0.39, 0.29) is 12.4 Å². The minimum atomic E-state index is -0.323. The first kappa shape index (κ1) is 11.3. The summed E-state index contributed by atoms with van der Waals surface area (Å²) in [4.78, 5) is 19.5. The third-order valence-electron chi connectivity index (χ3n) is 2.04. The Bertz CT molecular complexity index is 495. The van der Waals surface area contributed by atoms with Crippen molar-refractivity contribution in [3.63, 3.8) is 0 Å². The van der Waals surface area contributed by atoms with Gasteiger partial charge in [-0.1, -0.05) is 6.07 Å². The molecule has 0 bridgehead atoms. The van der Waals surface area contributed by atoms with Crippen molar-refractivity contribution in [3.05, 3.63) is 30.2 Å². The van der Waals surface area contributed by atoms with E-state index >= 15 is 0 Å². The van der Waals surface area contributed by atoms with E-state index in [4.69, 9.17) is 4.74 Å². The molecule has 0 aliphatic rings. The van der Waals surface area contributed by atoms with E-state index < -0.39 is 0 Å². The number of hydrogen-bond acceptors (Lipinski definition) is 5. The number of pyridine rings is 1. The van der Waals surface area contributed by atoms with E-state index in [1.807, 2.05) is 12.1 Å². The van der Waals surface area contributed by atoms with Crippen LogP contribution in [0.25, 0.3) is 11.5 Å². The second-order valence-electron chi connectivity index (χ2n) is 3.30. The Morgan fingerprint density at radius 2 is 2.35 bits per heavy atom. The van der Waals surface area contributed by atoms with Crippen molar-refractivity contribution in [2.24, 2.45) is 0 Å². The highest BCUT2D eigenvalue weighted by atomic mass is 16.5. The molecule has 1 N–H and O–H groups in total. The Hall–Kier alpha value is -2.24. The van der Waals surface area contributed by atoms with Gasteiger partial charge in [-0.05, 0) is 19.1 Å². The molecule has 0 saturated carbocycles. The van der Waals surface area contributed by atoms with Gasteiger partial charge in [0.05, 0.1) is 6.61 Å². The van der Waals surface area contributed by atoms with E-state index in [0.29, 0.717) is 23.9 Å². The molecule has 88 valence electrons. The number of nitrogens with zero attached hydrogens (tertiary/aromatic N) is 3. The Balaban J connectivity index is 2.09. The number of rotatable bonds is 4. The van der Waals surface area contributed by atoms with E-state index in [9.17, 15) is 4.79 Å². The number of esters is 1. The third kappa shape index (κ3) is 2.87. The fourth-order valence-corrected chi connectivity index (χ4v) is 1.33. The van der Waals surface area contributed by atoms with E-state index in [1.165, 1.54) is 0 Å². The van der Waals surface area contributed by atoms with E-state index in [1.54, 1.807) is 19.2 Å². The summed E-state index contributed by atoms with van der Waals surface area (Å²) < 4.78 is 4.82. The van der Waals surface area contributed by atoms with Crippen LogP contribution in [0.3, 0.4) is 0 Å². The minimum absolute atomic E-state index is 0.0909. The number of aromatic amines is 1. The van der Waals surface area contributed by atoms with Crippen LogP contribution in [0.15, 0.2) is 24.4 Å². The first-order valence-corrected chi connectivity index (χ1v) is 5.28. The van der Waals surface area contributed by atoms with Crippen molar-refractivity contribution in [2.45, 2.75) is 13.3 Å². The van der Waals surface area contributed by atoms with Crippen LogP contribution >= 0.6 is 0 Å². The van der Waals surface area contributed by atoms with Crippen molar-refractivity contribution in [1.82, 2.24) is 20.2 Å². The van der Waals surface area contributed by atoms with Crippen LogP contribution in [-0.4, -0.2) is 32.7 Å². The molecule has 0 spiro atoms. The van der Waals surface area contributed by atoms with Gasteiger partial charge in [-0.2, -0.15) is 5.10 Å². The van der Waals surface area contributed by atoms with Gasteiger partial charge in [-0.25, -0.2) is 4.98 Å². The minimum Gasteiger partial charge on any atom is -0.466 e. The summed E-state index contributed by atoms with van der Waals surface area (Å²) in [6.07, 6.45) is 1.75. The molecule has 2 aromatic heterocycles. The van der Waals surface area contributed by atoms with Crippen LogP contribution in [0, 0.1) is 0 Å². The zero-order valence-corrected chi connectivity index (χ0v) is 9.38. The van der Waals surface area contributed by atoms with Crippen LogP contribution in [0.5, 0.6) is 0 Å². The molecule has 2 rings (SSSR count). The first-order chi connectivity index (χ1) is 8.29. The maximum atomic E-state index is 11.2. The largest absolute Gasteiger partial charge is 0.466 e. The maximum Gasteiger partial charge on any atom is 0.313 e. The lowest BCUT2D eigenvalue weighted by Gasteiger charge is -1.97. The van der Waals surface area contributed by atoms with Crippen molar-refractivity contribution in [1.29, 1.82) is 0 Å². The molecule has 0 unspecified atom stereocenters. The second-order valence-corrected chi connectivity index (χ2v) is 3.30. The summed E-state index contributed by atoms with van der Waals surface area (Å²) in [6.45, 7) is 2.12. The molecule has 0 aromatic carbocycles. The standard InChI is InChI=1S/C11H12N4O2/c1-2-17-10(16)7-9-13-11(15-14-9)8-5-3-4-6-12-8/h3-6H,2,7H2,1H3,(H,13,14,15). The summed E-state index contributed by atoms with van der Waals surface area (Å²) in [7, 11) is 0. The average Bonchev–Trinajstić information content (AvgIpc) is 2.79. The lowest BCUT2D eigenvalue weighted by Crippen LogP contribution is -2.08. The molecule has 0 saturated heterocycles. The molecular weight excluding hydrogens is 220 g/mol. The van der Waals surface area contributed by atoms with Gasteiger partial charge in [0, 0.05) is 6.20 Å². The van der Waals surface area contributed by atoms with Gasteiger partial charge in [0.2, 0.25) is 0 Å². The quantitative estimate of drug-likeness (QED) is 0.794. The Kier molecular flexibility index (Phi) is 3.44. The average molecular weight is 232 g/mol. The zero-order chi connectivity index (χ0) is 12.1. The molecule has 6 nitrogen and oxygen atoms in total. The van der Waals surface area contributed by atoms with E-state index in [2.05, 4.69) is 20.2 Å². The lowest BCUT2D eigenvalue weighted by atomic mass is 10.3. The number of carbonyl (C=O) groups is 1. The summed E-state index contributed by atoms with van der Waals surface area (Å²) >= 11 is 0. The Labute approximate surface area is 98.1 Å². The summed E-state index contributed by atoms with van der Waals surface area (Å²) in [5.74, 6) is 0.630. The normalized spacial score (nSPS) is 10.2. The number of nitrogens with one attached hydrogen (secondary N) is 1. The topological polar surface area (TPSA) is 80.8 Å². The number of hydrogen-bond donors (Lipinski definition) is 1. The van der Waals surface area contributed by atoms with E-state index in [0.717, 1.165) is 0 Å². The Morgan fingerprint density at radius 3 is 3.06 bits per heavy atom. The fraction of sp³-hybridized carbons (Fsp3) is 0.273. The third-order valence-corrected chi connectivity index (χ3v) is 2.04. The smallest absolute Gasteiger partial charge is 0.313 e. The van der Waals surface area contributed by atoms with Gasteiger partial charge in [0.1, 0.15) is 17.9 Å². The van der Waals surface area contributed by atoms with Crippen molar-refractivity contribution in [2.75, 3.05) is 6.61 Å². The first-order valence-electron chi connectivity index (χ1n) is 5.28. The summed E-state index contributed by atoms with van der Waals surface area (Å²) in [5.41, 5.74) is 0.666. The molecule has 0 fully saturated rings. The van der Waals surface area contributed by atoms with Gasteiger partial charge in [-0.3, -0.25) is 14.9 Å². The molecular formula is C11H12N4O2. The summed E-state index contributed by atoms with van der Waals surface area (Å²) in [5, 5.41) is 6.68. The second kappa shape index (κ2) is 5.20. The van der Waals surface area contributed by atoms with Crippen molar-refractivity contribution < 1.29 is 9.53 Å². The number of H-pyrrole nitrogens is 1. The van der Waals surface area contributed by atoms with Gasteiger partial charge in [-0.15, -0.1) is 0 Å².